The lowest BCUT2D eigenvalue weighted by atomic mass is 10.1. The van der Waals surface area contributed by atoms with Gasteiger partial charge in [-0.1, -0.05) is 34.1 Å². The second-order valence-corrected chi connectivity index (χ2v) is 6.27. The number of aliphatic hydroxyl groups excluding tert-OH is 1. The summed E-state index contributed by atoms with van der Waals surface area (Å²) in [6.07, 6.45) is -0.0326. The third kappa shape index (κ3) is 4.97. The maximum Gasteiger partial charge on any atom is 0.124 e. The van der Waals surface area contributed by atoms with E-state index in [4.69, 9.17) is 0 Å². The third-order valence-electron chi connectivity index (χ3n) is 2.58. The van der Waals surface area contributed by atoms with Crippen LogP contribution in [0.1, 0.15) is 5.56 Å². The van der Waals surface area contributed by atoms with Crippen molar-refractivity contribution in [2.24, 2.45) is 0 Å². The molecular weight excluding hydrogens is 327 g/mol. The van der Waals surface area contributed by atoms with Gasteiger partial charge in [0.1, 0.15) is 5.82 Å². The summed E-state index contributed by atoms with van der Waals surface area (Å²) < 4.78 is 13.9. The number of benzene rings is 2. The summed E-state index contributed by atoms with van der Waals surface area (Å²) in [5, 5.41) is 9.99. The highest BCUT2D eigenvalue weighted by Gasteiger charge is 2.08. The van der Waals surface area contributed by atoms with Gasteiger partial charge in [-0.25, -0.2) is 4.39 Å². The molecule has 0 aliphatic rings. The van der Waals surface area contributed by atoms with Crippen LogP contribution in [0.25, 0.3) is 0 Å². The van der Waals surface area contributed by atoms with Crippen molar-refractivity contribution in [1.82, 2.24) is 0 Å². The molecule has 2 aromatic rings. The number of halogens is 2. The Balaban J connectivity index is 1.89. The Labute approximate surface area is 125 Å². The first-order valence-electron chi connectivity index (χ1n) is 5.94. The van der Waals surface area contributed by atoms with Crippen molar-refractivity contribution >= 4 is 27.7 Å². The summed E-state index contributed by atoms with van der Waals surface area (Å²) in [6, 6.07) is 14.6. The van der Waals surface area contributed by atoms with Crippen LogP contribution in [-0.4, -0.2) is 17.0 Å². The van der Waals surface area contributed by atoms with Crippen LogP contribution in [-0.2, 0) is 6.42 Å². The second kappa shape index (κ2) is 7.08. The van der Waals surface area contributed by atoms with Crippen LogP contribution in [0.15, 0.2) is 57.9 Å². The van der Waals surface area contributed by atoms with Gasteiger partial charge in [-0.2, -0.15) is 0 Å². The van der Waals surface area contributed by atoms with Crippen LogP contribution < -0.4 is 0 Å². The molecule has 0 saturated carbocycles. The largest absolute Gasteiger partial charge is 0.392 e. The van der Waals surface area contributed by atoms with Crippen molar-refractivity contribution in [3.63, 3.8) is 0 Å². The smallest absolute Gasteiger partial charge is 0.124 e. The van der Waals surface area contributed by atoms with E-state index in [1.165, 1.54) is 12.1 Å². The van der Waals surface area contributed by atoms with E-state index in [0.717, 1.165) is 10.5 Å². The molecule has 100 valence electrons. The van der Waals surface area contributed by atoms with Crippen molar-refractivity contribution in [1.29, 1.82) is 0 Å². The van der Waals surface area contributed by atoms with E-state index in [1.807, 2.05) is 36.4 Å². The molecule has 2 aromatic carbocycles. The van der Waals surface area contributed by atoms with E-state index in [-0.39, 0.29) is 5.82 Å². The van der Waals surface area contributed by atoms with E-state index >= 15 is 0 Å². The van der Waals surface area contributed by atoms with Crippen molar-refractivity contribution in [2.45, 2.75) is 17.4 Å². The quantitative estimate of drug-likeness (QED) is 0.819. The van der Waals surface area contributed by atoms with E-state index in [0.29, 0.717) is 16.6 Å². The SMILES string of the molecule is OC(CSc1ccccc1)Cc1cc(F)cc(Br)c1. The summed E-state index contributed by atoms with van der Waals surface area (Å²) in [7, 11) is 0. The van der Waals surface area contributed by atoms with Gasteiger partial charge in [-0.15, -0.1) is 11.8 Å². The van der Waals surface area contributed by atoms with E-state index in [9.17, 15) is 9.50 Å². The Morgan fingerprint density at radius 2 is 1.89 bits per heavy atom. The topological polar surface area (TPSA) is 20.2 Å². The van der Waals surface area contributed by atoms with Crippen LogP contribution in [0.5, 0.6) is 0 Å². The fourth-order valence-corrected chi connectivity index (χ4v) is 3.13. The Bertz CT molecular complexity index is 513. The highest BCUT2D eigenvalue weighted by molar-refractivity contribution is 9.10. The highest BCUT2D eigenvalue weighted by atomic mass is 79.9. The van der Waals surface area contributed by atoms with Crippen LogP contribution >= 0.6 is 27.7 Å². The minimum Gasteiger partial charge on any atom is -0.392 e. The first-order chi connectivity index (χ1) is 9.13. The van der Waals surface area contributed by atoms with Gasteiger partial charge in [-0.3, -0.25) is 0 Å². The standard InChI is InChI=1S/C15H14BrFOS/c16-12-6-11(7-13(17)9-12)8-14(18)10-19-15-4-2-1-3-5-15/h1-7,9,14,18H,8,10H2. The zero-order valence-electron chi connectivity index (χ0n) is 10.2. The van der Waals surface area contributed by atoms with Crippen molar-refractivity contribution in [3.8, 4) is 0 Å². The van der Waals surface area contributed by atoms with E-state index < -0.39 is 6.10 Å². The number of aliphatic hydroxyl groups is 1. The summed E-state index contributed by atoms with van der Waals surface area (Å²) >= 11 is 4.85. The lowest BCUT2D eigenvalue weighted by molar-refractivity contribution is 0.200. The van der Waals surface area contributed by atoms with Crippen LogP contribution in [0, 0.1) is 5.82 Å². The van der Waals surface area contributed by atoms with Gasteiger partial charge < -0.3 is 5.11 Å². The fourth-order valence-electron chi connectivity index (χ4n) is 1.77. The van der Waals surface area contributed by atoms with Crippen LogP contribution in [0.4, 0.5) is 4.39 Å². The number of hydrogen-bond donors (Lipinski definition) is 1. The van der Waals surface area contributed by atoms with Crippen molar-refractivity contribution in [3.05, 3.63) is 64.4 Å². The molecule has 1 atom stereocenters. The monoisotopic (exact) mass is 340 g/mol. The Kier molecular flexibility index (Phi) is 5.43. The highest BCUT2D eigenvalue weighted by Crippen LogP contribution is 2.21. The molecule has 0 aliphatic carbocycles. The molecule has 1 N–H and O–H groups in total. The molecule has 0 aliphatic heterocycles. The van der Waals surface area contributed by atoms with Gasteiger partial charge in [0.15, 0.2) is 0 Å². The van der Waals surface area contributed by atoms with Crippen molar-refractivity contribution < 1.29 is 9.50 Å². The first kappa shape index (κ1) is 14.6. The zero-order valence-corrected chi connectivity index (χ0v) is 12.6. The van der Waals surface area contributed by atoms with Gasteiger partial charge in [-0.05, 0) is 42.3 Å². The predicted octanol–water partition coefficient (Wildman–Crippen LogP) is 4.28. The molecule has 0 amide bonds. The van der Waals surface area contributed by atoms with Gasteiger partial charge in [0.2, 0.25) is 0 Å². The lowest BCUT2D eigenvalue weighted by Crippen LogP contribution is -2.13. The van der Waals surface area contributed by atoms with Crippen LogP contribution in [0.3, 0.4) is 0 Å². The molecule has 1 nitrogen and oxygen atoms in total. The molecule has 0 spiro atoms. The van der Waals surface area contributed by atoms with E-state index in [2.05, 4.69) is 15.9 Å². The first-order valence-corrected chi connectivity index (χ1v) is 7.72. The Morgan fingerprint density at radius 3 is 2.58 bits per heavy atom. The molecule has 4 heteroatoms. The minimum absolute atomic E-state index is 0.285. The van der Waals surface area contributed by atoms with Gasteiger partial charge in [0.25, 0.3) is 0 Å². The zero-order chi connectivity index (χ0) is 13.7. The Hall–Kier alpha value is -0.840. The molecule has 0 heterocycles. The molecular formula is C15H14BrFOS. The summed E-state index contributed by atoms with van der Waals surface area (Å²) in [5.74, 6) is 0.310. The molecule has 0 radical (unpaired) electrons. The average Bonchev–Trinajstić information content (AvgIpc) is 2.36. The van der Waals surface area contributed by atoms with E-state index in [1.54, 1.807) is 11.8 Å². The predicted molar refractivity (Wildman–Crippen MR) is 81.0 cm³/mol. The molecule has 1 unspecified atom stereocenters. The Morgan fingerprint density at radius 1 is 1.16 bits per heavy atom. The fraction of sp³-hybridized carbons (Fsp3) is 0.200. The number of thioether (sulfide) groups is 1. The molecule has 2 rings (SSSR count). The normalized spacial score (nSPS) is 12.4. The summed E-state index contributed by atoms with van der Waals surface area (Å²) in [4.78, 5) is 1.13. The average molecular weight is 341 g/mol. The van der Waals surface area contributed by atoms with Gasteiger partial charge in [0.05, 0.1) is 6.10 Å². The minimum atomic E-state index is -0.487. The summed E-state index contributed by atoms with van der Waals surface area (Å²) in [5.41, 5.74) is 0.799. The van der Waals surface area contributed by atoms with Gasteiger partial charge in [0, 0.05) is 15.1 Å². The second-order valence-electron chi connectivity index (χ2n) is 4.26. The van der Waals surface area contributed by atoms with Crippen LogP contribution in [0.2, 0.25) is 0 Å². The third-order valence-corrected chi connectivity index (χ3v) is 4.19. The number of hydrogen-bond acceptors (Lipinski definition) is 2. The maximum absolute atomic E-state index is 13.2. The molecule has 0 saturated heterocycles. The van der Waals surface area contributed by atoms with Crippen molar-refractivity contribution in [2.75, 3.05) is 5.75 Å². The lowest BCUT2D eigenvalue weighted by Gasteiger charge is -2.11. The summed E-state index contributed by atoms with van der Waals surface area (Å²) in [6.45, 7) is 0. The molecule has 19 heavy (non-hydrogen) atoms. The molecule has 0 aromatic heterocycles. The van der Waals surface area contributed by atoms with Gasteiger partial charge >= 0.3 is 0 Å². The molecule has 0 fully saturated rings. The molecule has 0 bridgehead atoms. The maximum atomic E-state index is 13.2. The number of rotatable bonds is 5.